The van der Waals surface area contributed by atoms with Crippen LogP contribution in [0.3, 0.4) is 0 Å². The van der Waals surface area contributed by atoms with Gasteiger partial charge in [0.15, 0.2) is 0 Å². The molecular formula is C20H20Cl2N2O4. The minimum atomic E-state index is -0.804. The third-order valence-corrected chi connectivity index (χ3v) is 5.15. The molecular weight excluding hydrogens is 403 g/mol. The minimum Gasteiger partial charge on any atom is -0.481 e. The SMILES string of the molecule is O=C(O)CCN1CCO[C@@H](c2ccc(NC(=O)c3c(Cl)cccc3Cl)cc2)C1. The van der Waals surface area contributed by atoms with E-state index in [0.717, 1.165) is 12.1 Å². The number of nitrogens with one attached hydrogen (secondary N) is 1. The van der Waals surface area contributed by atoms with Gasteiger partial charge in [-0.25, -0.2) is 0 Å². The molecule has 148 valence electrons. The lowest BCUT2D eigenvalue weighted by molar-refractivity contribution is -0.137. The van der Waals surface area contributed by atoms with Gasteiger partial charge in [0.25, 0.3) is 5.91 Å². The van der Waals surface area contributed by atoms with Gasteiger partial charge < -0.3 is 15.2 Å². The molecule has 1 amide bonds. The molecule has 8 heteroatoms. The van der Waals surface area contributed by atoms with Crippen molar-refractivity contribution in [3.8, 4) is 0 Å². The molecule has 0 bridgehead atoms. The van der Waals surface area contributed by atoms with Gasteiger partial charge in [0.05, 0.1) is 34.7 Å². The molecule has 1 fully saturated rings. The summed E-state index contributed by atoms with van der Waals surface area (Å²) in [6.45, 7) is 2.40. The summed E-state index contributed by atoms with van der Waals surface area (Å²) >= 11 is 12.1. The monoisotopic (exact) mass is 422 g/mol. The lowest BCUT2D eigenvalue weighted by atomic mass is 10.1. The molecule has 0 unspecified atom stereocenters. The molecule has 2 aromatic carbocycles. The Morgan fingerprint density at radius 3 is 2.46 bits per heavy atom. The van der Waals surface area contributed by atoms with Crippen LogP contribution in [-0.2, 0) is 9.53 Å². The number of ether oxygens (including phenoxy) is 1. The number of hydrogen-bond acceptors (Lipinski definition) is 4. The second-order valence-electron chi connectivity index (χ2n) is 6.48. The number of aliphatic carboxylic acids is 1. The lowest BCUT2D eigenvalue weighted by Gasteiger charge is -2.32. The molecule has 2 aromatic rings. The number of benzene rings is 2. The Morgan fingerprint density at radius 1 is 1.14 bits per heavy atom. The highest BCUT2D eigenvalue weighted by Gasteiger charge is 2.22. The van der Waals surface area contributed by atoms with Crippen molar-refractivity contribution in [1.82, 2.24) is 4.90 Å². The number of carbonyl (C=O) groups is 2. The predicted octanol–water partition coefficient (Wildman–Crippen LogP) is 4.09. The number of nitrogens with zero attached hydrogens (tertiary/aromatic N) is 1. The first-order valence-corrected chi connectivity index (χ1v) is 9.60. The molecule has 1 heterocycles. The average Bonchev–Trinajstić information content (AvgIpc) is 2.67. The molecule has 0 spiro atoms. The number of morpholine rings is 1. The average molecular weight is 423 g/mol. The number of carbonyl (C=O) groups excluding carboxylic acids is 1. The van der Waals surface area contributed by atoms with Crippen LogP contribution in [0.25, 0.3) is 0 Å². The van der Waals surface area contributed by atoms with Gasteiger partial charge >= 0.3 is 5.97 Å². The van der Waals surface area contributed by atoms with E-state index >= 15 is 0 Å². The van der Waals surface area contributed by atoms with Crippen LogP contribution < -0.4 is 5.32 Å². The Hall–Kier alpha value is -2.12. The number of carboxylic acids is 1. The fraction of sp³-hybridized carbons (Fsp3) is 0.300. The summed E-state index contributed by atoms with van der Waals surface area (Å²) in [4.78, 5) is 25.3. The van der Waals surface area contributed by atoms with Gasteiger partial charge in [-0.1, -0.05) is 41.4 Å². The van der Waals surface area contributed by atoms with Crippen molar-refractivity contribution < 1.29 is 19.4 Å². The van der Waals surface area contributed by atoms with Gasteiger partial charge in [0.1, 0.15) is 0 Å². The normalized spacial score (nSPS) is 17.3. The zero-order chi connectivity index (χ0) is 20.1. The van der Waals surface area contributed by atoms with Crippen molar-refractivity contribution in [3.05, 3.63) is 63.6 Å². The summed E-state index contributed by atoms with van der Waals surface area (Å²) in [6, 6.07) is 12.3. The summed E-state index contributed by atoms with van der Waals surface area (Å²) in [5.74, 6) is -1.18. The summed E-state index contributed by atoms with van der Waals surface area (Å²) in [7, 11) is 0. The molecule has 1 saturated heterocycles. The van der Waals surface area contributed by atoms with Crippen LogP contribution in [0.15, 0.2) is 42.5 Å². The highest BCUT2D eigenvalue weighted by Crippen LogP contribution is 2.27. The molecule has 0 saturated carbocycles. The number of amides is 1. The minimum absolute atomic E-state index is 0.113. The number of carboxylic acid groups (broad SMARTS) is 1. The highest BCUT2D eigenvalue weighted by molar-refractivity contribution is 6.40. The first kappa shape index (κ1) is 20.6. The smallest absolute Gasteiger partial charge is 0.304 e. The predicted molar refractivity (Wildman–Crippen MR) is 108 cm³/mol. The molecule has 0 aromatic heterocycles. The number of hydrogen-bond donors (Lipinski definition) is 2. The molecule has 1 atom stereocenters. The van der Waals surface area contributed by atoms with Gasteiger partial charge in [0.2, 0.25) is 0 Å². The third-order valence-electron chi connectivity index (χ3n) is 4.52. The molecule has 0 aliphatic carbocycles. The van der Waals surface area contributed by atoms with Crippen LogP contribution in [0.4, 0.5) is 5.69 Å². The van der Waals surface area contributed by atoms with E-state index in [-0.39, 0.29) is 24.0 Å². The van der Waals surface area contributed by atoms with E-state index in [1.54, 1.807) is 30.3 Å². The van der Waals surface area contributed by atoms with Crippen molar-refractivity contribution in [2.75, 3.05) is 31.6 Å². The molecule has 1 aliphatic heterocycles. The molecule has 2 N–H and O–H groups in total. The van der Waals surface area contributed by atoms with Gasteiger partial charge in [0, 0.05) is 25.3 Å². The van der Waals surface area contributed by atoms with E-state index in [1.807, 2.05) is 12.1 Å². The molecule has 0 radical (unpaired) electrons. The second kappa shape index (κ2) is 9.39. The maximum Gasteiger partial charge on any atom is 0.304 e. The molecule has 1 aliphatic rings. The van der Waals surface area contributed by atoms with Crippen molar-refractivity contribution in [1.29, 1.82) is 0 Å². The Labute approximate surface area is 173 Å². The quantitative estimate of drug-likeness (QED) is 0.732. The van der Waals surface area contributed by atoms with Gasteiger partial charge in [-0.05, 0) is 29.8 Å². The van der Waals surface area contributed by atoms with Gasteiger partial charge in [-0.3, -0.25) is 14.5 Å². The van der Waals surface area contributed by atoms with Crippen molar-refractivity contribution in [2.24, 2.45) is 0 Å². The Bertz CT molecular complexity index is 838. The summed E-state index contributed by atoms with van der Waals surface area (Å²) < 4.78 is 5.81. The Balaban J connectivity index is 1.63. The topological polar surface area (TPSA) is 78.9 Å². The van der Waals surface area contributed by atoms with Crippen LogP contribution in [0.2, 0.25) is 10.0 Å². The van der Waals surface area contributed by atoms with Crippen LogP contribution in [-0.4, -0.2) is 48.1 Å². The van der Waals surface area contributed by atoms with E-state index in [1.165, 1.54) is 0 Å². The second-order valence-corrected chi connectivity index (χ2v) is 7.29. The van der Waals surface area contributed by atoms with Crippen molar-refractivity contribution >= 4 is 40.8 Å². The Kier molecular flexibility index (Phi) is 6.91. The Morgan fingerprint density at radius 2 is 1.82 bits per heavy atom. The van der Waals surface area contributed by atoms with E-state index in [9.17, 15) is 9.59 Å². The number of anilines is 1. The maximum absolute atomic E-state index is 12.5. The van der Waals surface area contributed by atoms with Crippen LogP contribution in [0, 0.1) is 0 Å². The number of halogens is 2. The zero-order valence-corrected chi connectivity index (χ0v) is 16.5. The maximum atomic E-state index is 12.5. The molecule has 3 rings (SSSR count). The largest absolute Gasteiger partial charge is 0.481 e. The van der Waals surface area contributed by atoms with E-state index in [4.69, 9.17) is 33.0 Å². The van der Waals surface area contributed by atoms with Crippen LogP contribution >= 0.6 is 23.2 Å². The first-order valence-electron chi connectivity index (χ1n) is 8.85. The van der Waals surface area contributed by atoms with E-state index in [0.29, 0.717) is 35.4 Å². The van der Waals surface area contributed by atoms with Crippen LogP contribution in [0.1, 0.15) is 28.4 Å². The number of rotatable bonds is 6. The summed E-state index contributed by atoms with van der Waals surface area (Å²) in [5, 5.41) is 12.2. The van der Waals surface area contributed by atoms with Gasteiger partial charge in [-0.2, -0.15) is 0 Å². The van der Waals surface area contributed by atoms with E-state index < -0.39 is 5.97 Å². The van der Waals surface area contributed by atoms with Crippen LogP contribution in [0.5, 0.6) is 0 Å². The third kappa shape index (κ3) is 5.23. The molecule has 6 nitrogen and oxygen atoms in total. The lowest BCUT2D eigenvalue weighted by Crippen LogP contribution is -2.39. The standard InChI is InChI=1S/C20H20Cl2N2O4/c21-15-2-1-3-16(22)19(15)20(27)23-14-6-4-13(5-7-14)17-12-24(10-11-28-17)9-8-18(25)26/h1-7,17H,8-12H2,(H,23,27)(H,25,26)/t17-/m1/s1. The first-order chi connectivity index (χ1) is 13.4. The zero-order valence-electron chi connectivity index (χ0n) is 15.0. The fourth-order valence-electron chi connectivity index (χ4n) is 3.05. The van der Waals surface area contributed by atoms with Gasteiger partial charge in [-0.15, -0.1) is 0 Å². The molecule has 28 heavy (non-hydrogen) atoms. The van der Waals surface area contributed by atoms with Crippen molar-refractivity contribution in [2.45, 2.75) is 12.5 Å². The fourth-order valence-corrected chi connectivity index (χ4v) is 3.62. The summed E-state index contributed by atoms with van der Waals surface area (Å²) in [5.41, 5.74) is 1.82. The van der Waals surface area contributed by atoms with E-state index in [2.05, 4.69) is 10.2 Å². The highest BCUT2D eigenvalue weighted by atomic mass is 35.5. The summed E-state index contributed by atoms with van der Waals surface area (Å²) in [6.07, 6.45) is -0.0206. The van der Waals surface area contributed by atoms with Crippen molar-refractivity contribution in [3.63, 3.8) is 0 Å².